The van der Waals surface area contributed by atoms with Crippen molar-refractivity contribution in [3.8, 4) is 0 Å². The van der Waals surface area contributed by atoms with Gasteiger partial charge < -0.3 is 25.4 Å². The van der Waals surface area contributed by atoms with Gasteiger partial charge in [0.2, 0.25) is 0 Å². The summed E-state index contributed by atoms with van der Waals surface area (Å²) >= 11 is 1.60. The normalized spacial score (nSPS) is 31.6. The average Bonchev–Trinajstić information content (AvgIpc) is 3.58. The summed E-state index contributed by atoms with van der Waals surface area (Å²) in [7, 11) is 1.00. The molecule has 0 bridgehead atoms. The third-order valence-electron chi connectivity index (χ3n) is 5.28. The van der Waals surface area contributed by atoms with E-state index in [1.807, 2.05) is 6.26 Å². The Balaban J connectivity index is 0.000000286. The molecule has 2 aliphatic heterocycles. The summed E-state index contributed by atoms with van der Waals surface area (Å²) in [6.45, 7) is 5.31. The summed E-state index contributed by atoms with van der Waals surface area (Å²) in [6.07, 6.45) is 12.2. The zero-order chi connectivity index (χ0) is 20.4. The minimum atomic E-state index is -0.913. The number of allylic oxidation sites excluding steroid dienone is 1. The third kappa shape index (κ3) is 8.11. The molecular weight excluding hydrogens is 366 g/mol. The number of rotatable bonds is 7. The second-order valence-corrected chi connectivity index (χ2v) is 8.57. The van der Waals surface area contributed by atoms with Crippen LogP contribution in [0.1, 0.15) is 52.4 Å². The Hall–Kier alpha value is -0.600. The largest absolute Gasteiger partial charge is 0.480 e. The molecule has 3 aliphatic rings. The average molecular weight is 404 g/mol. The van der Waals surface area contributed by atoms with Gasteiger partial charge in [0.05, 0.1) is 24.4 Å². The number of aliphatic hydroxyl groups excluding tert-OH is 1. The van der Waals surface area contributed by atoms with Gasteiger partial charge in [-0.3, -0.25) is 4.79 Å². The lowest BCUT2D eigenvalue weighted by Gasteiger charge is -2.27. The number of epoxide rings is 2. The van der Waals surface area contributed by atoms with Gasteiger partial charge in [0, 0.05) is 13.0 Å². The van der Waals surface area contributed by atoms with E-state index in [2.05, 4.69) is 19.9 Å². The highest BCUT2D eigenvalue weighted by molar-refractivity contribution is 7.98. The first-order valence-corrected chi connectivity index (χ1v) is 11.1. The van der Waals surface area contributed by atoms with E-state index in [-0.39, 0.29) is 5.60 Å². The molecule has 3 rings (SSSR count). The second-order valence-electron chi connectivity index (χ2n) is 7.59. The minimum absolute atomic E-state index is 0.253. The lowest BCUT2D eigenvalue weighted by Crippen LogP contribution is -2.33. The van der Waals surface area contributed by atoms with E-state index in [1.165, 1.54) is 31.3 Å². The van der Waals surface area contributed by atoms with E-state index >= 15 is 0 Å². The first-order chi connectivity index (χ1) is 12.9. The standard InChI is InChI=1S/C14H22O2.C5H11NO2S.CH4O/c1-10(2)6-7-12-13(16-12)11-5-3-4-8-14(11)9-15-14;1-9-3-2-4(6)5(7)8;1-2/h6,11-13H,3-5,7-9H2,1-2H3;4H,2-3,6H2,1H3,(H,7,8);2H,1H3/t11?,12?,13?,14-;;/m0../s1. The maximum atomic E-state index is 10.1. The van der Waals surface area contributed by atoms with Crippen LogP contribution in [-0.2, 0) is 14.3 Å². The molecule has 1 spiro atoms. The van der Waals surface area contributed by atoms with Crippen LogP contribution >= 0.6 is 11.8 Å². The number of aliphatic carboxylic acids is 1. The van der Waals surface area contributed by atoms with Crippen LogP contribution in [0.15, 0.2) is 11.6 Å². The number of carboxylic acids is 1. The summed E-state index contributed by atoms with van der Waals surface area (Å²) in [5.41, 5.74) is 6.84. The van der Waals surface area contributed by atoms with Crippen LogP contribution in [0.25, 0.3) is 0 Å². The number of aliphatic hydroxyl groups is 1. The molecule has 27 heavy (non-hydrogen) atoms. The first-order valence-electron chi connectivity index (χ1n) is 9.74. The van der Waals surface area contributed by atoms with Crippen LogP contribution in [0.5, 0.6) is 0 Å². The minimum Gasteiger partial charge on any atom is -0.480 e. The molecule has 0 aromatic carbocycles. The molecule has 1 aliphatic carbocycles. The Morgan fingerprint density at radius 2 is 2.04 bits per heavy atom. The number of carbonyl (C=O) groups is 1. The van der Waals surface area contributed by atoms with Crippen molar-refractivity contribution < 1.29 is 24.5 Å². The summed E-state index contributed by atoms with van der Waals surface area (Å²) in [6, 6.07) is -0.683. The second kappa shape index (κ2) is 12.1. The predicted molar refractivity (Wildman–Crippen MR) is 110 cm³/mol. The fourth-order valence-corrected chi connectivity index (χ4v) is 4.06. The van der Waals surface area contributed by atoms with Gasteiger partial charge in [-0.2, -0.15) is 11.8 Å². The lowest BCUT2D eigenvalue weighted by molar-refractivity contribution is -0.138. The number of hydrogen-bond acceptors (Lipinski definition) is 6. The van der Waals surface area contributed by atoms with Crippen LogP contribution in [0, 0.1) is 5.92 Å². The molecule has 0 amide bonds. The quantitative estimate of drug-likeness (QED) is 0.443. The van der Waals surface area contributed by atoms with Crippen molar-refractivity contribution in [3.05, 3.63) is 11.6 Å². The summed E-state index contributed by atoms with van der Waals surface area (Å²) in [5, 5.41) is 15.3. The van der Waals surface area contributed by atoms with Crippen molar-refractivity contribution in [3.63, 3.8) is 0 Å². The van der Waals surface area contributed by atoms with Gasteiger partial charge in [-0.05, 0) is 51.5 Å². The maximum Gasteiger partial charge on any atom is 0.320 e. The van der Waals surface area contributed by atoms with Crippen LogP contribution in [0.4, 0.5) is 0 Å². The van der Waals surface area contributed by atoms with E-state index in [0.29, 0.717) is 24.5 Å². The molecule has 1 saturated carbocycles. The monoisotopic (exact) mass is 403 g/mol. The SMILES string of the molecule is CC(C)=CCC1OC1C1CCCC[C@]12CO2.CO.CSCCC(N)C(=O)O. The molecule has 3 fully saturated rings. The van der Waals surface area contributed by atoms with Crippen molar-refractivity contribution in [2.75, 3.05) is 25.7 Å². The fourth-order valence-electron chi connectivity index (χ4n) is 3.57. The van der Waals surface area contributed by atoms with Crippen LogP contribution < -0.4 is 5.73 Å². The van der Waals surface area contributed by atoms with E-state index < -0.39 is 12.0 Å². The molecule has 6 nitrogen and oxygen atoms in total. The molecule has 158 valence electrons. The summed E-state index contributed by atoms with van der Waals surface area (Å²) in [5.74, 6) is 0.592. The van der Waals surface area contributed by atoms with Crippen LogP contribution in [0.3, 0.4) is 0 Å². The number of ether oxygens (including phenoxy) is 2. The van der Waals surface area contributed by atoms with Crippen molar-refractivity contribution in [1.82, 2.24) is 0 Å². The highest BCUT2D eigenvalue weighted by atomic mass is 32.2. The van der Waals surface area contributed by atoms with Crippen molar-refractivity contribution in [2.24, 2.45) is 11.7 Å². The number of nitrogens with two attached hydrogens (primary N) is 1. The van der Waals surface area contributed by atoms with Crippen molar-refractivity contribution in [1.29, 1.82) is 0 Å². The van der Waals surface area contributed by atoms with Crippen LogP contribution in [0.2, 0.25) is 0 Å². The molecule has 0 radical (unpaired) electrons. The molecule has 4 N–H and O–H groups in total. The number of thioether (sulfide) groups is 1. The summed E-state index contributed by atoms with van der Waals surface area (Å²) in [4.78, 5) is 10.1. The Kier molecular flexibility index (Phi) is 10.9. The Morgan fingerprint density at radius 1 is 1.37 bits per heavy atom. The van der Waals surface area contributed by atoms with Gasteiger partial charge >= 0.3 is 5.97 Å². The van der Waals surface area contributed by atoms with Gasteiger partial charge in [0.15, 0.2) is 0 Å². The van der Waals surface area contributed by atoms with Gasteiger partial charge in [-0.1, -0.05) is 24.5 Å². The van der Waals surface area contributed by atoms with Crippen LogP contribution in [-0.4, -0.2) is 65.8 Å². The van der Waals surface area contributed by atoms with Gasteiger partial charge in [0.25, 0.3) is 0 Å². The Bertz CT molecular complexity index is 477. The summed E-state index contributed by atoms with van der Waals surface area (Å²) < 4.78 is 11.6. The zero-order valence-corrected chi connectivity index (χ0v) is 18.0. The fraction of sp³-hybridized carbons (Fsp3) is 0.850. The van der Waals surface area contributed by atoms with E-state index in [9.17, 15) is 4.79 Å². The van der Waals surface area contributed by atoms with Crippen molar-refractivity contribution >= 4 is 17.7 Å². The van der Waals surface area contributed by atoms with Gasteiger partial charge in [-0.15, -0.1) is 0 Å². The molecule has 2 saturated heterocycles. The molecule has 5 atom stereocenters. The first kappa shape index (κ1) is 24.4. The zero-order valence-electron chi connectivity index (χ0n) is 17.1. The highest BCUT2D eigenvalue weighted by Crippen LogP contribution is 2.52. The number of carboxylic acid groups (broad SMARTS) is 1. The molecular formula is C20H37NO5S. The molecule has 7 heteroatoms. The highest BCUT2D eigenvalue weighted by Gasteiger charge is 2.60. The topological polar surface area (TPSA) is 109 Å². The number of hydrogen-bond donors (Lipinski definition) is 3. The smallest absolute Gasteiger partial charge is 0.320 e. The third-order valence-corrected chi connectivity index (χ3v) is 5.93. The van der Waals surface area contributed by atoms with E-state index in [1.54, 1.807) is 11.8 Å². The predicted octanol–water partition coefficient (Wildman–Crippen LogP) is 2.83. The van der Waals surface area contributed by atoms with Crippen molar-refractivity contribution in [2.45, 2.75) is 76.2 Å². The Morgan fingerprint density at radius 3 is 2.56 bits per heavy atom. The Labute approximate surface area is 167 Å². The molecule has 2 heterocycles. The lowest BCUT2D eigenvalue weighted by atomic mass is 9.76. The van der Waals surface area contributed by atoms with E-state index in [0.717, 1.165) is 25.9 Å². The van der Waals surface area contributed by atoms with E-state index in [4.69, 9.17) is 25.4 Å². The molecule has 4 unspecified atom stereocenters. The van der Waals surface area contributed by atoms with Gasteiger partial charge in [0.1, 0.15) is 6.04 Å². The molecule has 0 aromatic rings. The maximum absolute atomic E-state index is 10.1. The van der Waals surface area contributed by atoms with Gasteiger partial charge in [-0.25, -0.2) is 0 Å². The molecule has 0 aromatic heterocycles.